The van der Waals surface area contributed by atoms with Crippen molar-refractivity contribution in [3.05, 3.63) is 34.8 Å². The van der Waals surface area contributed by atoms with E-state index in [0.717, 1.165) is 6.54 Å². The van der Waals surface area contributed by atoms with Gasteiger partial charge in [-0.1, -0.05) is 6.92 Å². The topological polar surface area (TPSA) is 42.7 Å². The molecule has 1 N–H and O–H groups in total. The molecule has 0 aliphatic carbocycles. The van der Waals surface area contributed by atoms with Crippen LogP contribution in [-0.4, -0.2) is 21.6 Å². The molecule has 0 saturated carbocycles. The SMILES string of the molecule is CNC(C)(C)c1cncn1CC(C)c1nccs1. The van der Waals surface area contributed by atoms with Gasteiger partial charge in [-0.15, -0.1) is 11.3 Å². The van der Waals surface area contributed by atoms with Crippen LogP contribution in [0.4, 0.5) is 0 Å². The fourth-order valence-corrected chi connectivity index (χ4v) is 2.66. The van der Waals surface area contributed by atoms with Gasteiger partial charge in [-0.2, -0.15) is 0 Å². The third-order valence-corrected chi connectivity index (χ3v) is 4.33. The number of thiazole rings is 1. The lowest BCUT2D eigenvalue weighted by Gasteiger charge is -2.26. The summed E-state index contributed by atoms with van der Waals surface area (Å²) in [6.45, 7) is 7.44. The molecule has 1 atom stereocenters. The number of rotatable bonds is 5. The molecule has 0 amide bonds. The van der Waals surface area contributed by atoms with Crippen molar-refractivity contribution >= 4 is 11.3 Å². The van der Waals surface area contributed by atoms with E-state index in [1.807, 2.05) is 31.1 Å². The largest absolute Gasteiger partial charge is 0.332 e. The number of nitrogens with one attached hydrogen (secondary N) is 1. The van der Waals surface area contributed by atoms with Crippen molar-refractivity contribution < 1.29 is 0 Å². The van der Waals surface area contributed by atoms with Crippen molar-refractivity contribution in [3.8, 4) is 0 Å². The summed E-state index contributed by atoms with van der Waals surface area (Å²) in [7, 11) is 1.97. The van der Waals surface area contributed by atoms with Crippen LogP contribution in [0.25, 0.3) is 0 Å². The summed E-state index contributed by atoms with van der Waals surface area (Å²) in [5.74, 6) is 0.408. The van der Waals surface area contributed by atoms with Gasteiger partial charge >= 0.3 is 0 Å². The van der Waals surface area contributed by atoms with Crippen molar-refractivity contribution in [2.45, 2.75) is 38.8 Å². The first-order chi connectivity index (χ1) is 8.54. The van der Waals surface area contributed by atoms with Crippen LogP contribution >= 0.6 is 11.3 Å². The molecule has 0 saturated heterocycles. The minimum Gasteiger partial charge on any atom is -0.332 e. The maximum absolute atomic E-state index is 4.38. The van der Waals surface area contributed by atoms with Crippen LogP contribution in [0.15, 0.2) is 24.1 Å². The van der Waals surface area contributed by atoms with Crippen molar-refractivity contribution in [1.82, 2.24) is 19.9 Å². The number of hydrogen-bond donors (Lipinski definition) is 1. The Morgan fingerprint density at radius 2 is 2.28 bits per heavy atom. The minimum absolute atomic E-state index is 0.0703. The van der Waals surface area contributed by atoms with Gasteiger partial charge in [-0.05, 0) is 20.9 Å². The molecule has 2 heterocycles. The van der Waals surface area contributed by atoms with Gasteiger partial charge in [0.05, 0.1) is 22.6 Å². The van der Waals surface area contributed by atoms with E-state index in [0.29, 0.717) is 5.92 Å². The number of aromatic nitrogens is 3. The third kappa shape index (κ3) is 2.62. The fraction of sp³-hybridized carbons (Fsp3) is 0.538. The monoisotopic (exact) mass is 264 g/mol. The van der Waals surface area contributed by atoms with Gasteiger partial charge < -0.3 is 9.88 Å². The maximum Gasteiger partial charge on any atom is 0.0970 e. The second-order valence-corrected chi connectivity index (χ2v) is 6.00. The molecule has 4 nitrogen and oxygen atoms in total. The van der Waals surface area contributed by atoms with Crippen LogP contribution in [0.2, 0.25) is 0 Å². The van der Waals surface area contributed by atoms with E-state index in [2.05, 4.69) is 40.6 Å². The predicted molar refractivity (Wildman–Crippen MR) is 74.8 cm³/mol. The Bertz CT molecular complexity index is 487. The van der Waals surface area contributed by atoms with Crippen molar-refractivity contribution in [1.29, 1.82) is 0 Å². The van der Waals surface area contributed by atoms with Crippen LogP contribution < -0.4 is 5.32 Å². The molecule has 98 valence electrons. The van der Waals surface area contributed by atoms with E-state index >= 15 is 0 Å². The van der Waals surface area contributed by atoms with Gasteiger partial charge in [0.25, 0.3) is 0 Å². The van der Waals surface area contributed by atoms with Gasteiger partial charge in [0.2, 0.25) is 0 Å². The van der Waals surface area contributed by atoms with Crippen LogP contribution in [-0.2, 0) is 12.1 Å². The van der Waals surface area contributed by atoms with Crippen LogP contribution in [0.3, 0.4) is 0 Å². The Balaban J connectivity index is 2.18. The molecule has 0 fully saturated rings. The number of nitrogens with zero attached hydrogens (tertiary/aromatic N) is 3. The van der Waals surface area contributed by atoms with Gasteiger partial charge in [0.15, 0.2) is 0 Å². The lowest BCUT2D eigenvalue weighted by molar-refractivity contribution is 0.402. The Morgan fingerprint density at radius 3 is 2.89 bits per heavy atom. The normalized spacial score (nSPS) is 13.8. The summed E-state index contributed by atoms with van der Waals surface area (Å²) in [6, 6.07) is 0. The van der Waals surface area contributed by atoms with Crippen LogP contribution in [0.1, 0.15) is 37.4 Å². The molecule has 0 radical (unpaired) electrons. The third-order valence-electron chi connectivity index (χ3n) is 3.32. The van der Waals surface area contributed by atoms with Crippen LogP contribution in [0, 0.1) is 0 Å². The van der Waals surface area contributed by atoms with Crippen molar-refractivity contribution in [3.63, 3.8) is 0 Å². The zero-order valence-electron chi connectivity index (χ0n) is 11.3. The van der Waals surface area contributed by atoms with E-state index in [-0.39, 0.29) is 5.54 Å². The molecule has 2 rings (SSSR count). The Morgan fingerprint density at radius 1 is 1.50 bits per heavy atom. The van der Waals surface area contributed by atoms with E-state index in [9.17, 15) is 0 Å². The number of hydrogen-bond acceptors (Lipinski definition) is 4. The molecule has 2 aromatic heterocycles. The molecular formula is C13H20N4S. The second kappa shape index (κ2) is 5.20. The Hall–Kier alpha value is -1.20. The number of imidazole rings is 1. The molecular weight excluding hydrogens is 244 g/mol. The quantitative estimate of drug-likeness (QED) is 0.902. The zero-order chi connectivity index (χ0) is 13.2. The van der Waals surface area contributed by atoms with Gasteiger partial charge in [-0.3, -0.25) is 0 Å². The average molecular weight is 264 g/mol. The summed E-state index contributed by atoms with van der Waals surface area (Å²) < 4.78 is 2.21. The van der Waals surface area contributed by atoms with Crippen LogP contribution in [0.5, 0.6) is 0 Å². The van der Waals surface area contributed by atoms with Gasteiger partial charge in [0, 0.05) is 30.2 Å². The molecule has 2 aromatic rings. The minimum atomic E-state index is -0.0703. The van der Waals surface area contributed by atoms with Crippen molar-refractivity contribution in [2.24, 2.45) is 0 Å². The van der Waals surface area contributed by atoms with E-state index in [1.165, 1.54) is 10.7 Å². The highest BCUT2D eigenvalue weighted by Gasteiger charge is 2.23. The first-order valence-corrected chi connectivity index (χ1v) is 7.01. The lowest BCUT2D eigenvalue weighted by Crippen LogP contribution is -2.35. The summed E-state index contributed by atoms with van der Waals surface area (Å²) >= 11 is 1.71. The standard InChI is InChI=1S/C13H20N4S/c1-10(12-16-5-6-18-12)8-17-9-15-7-11(17)13(2,3)14-4/h5-7,9-10,14H,8H2,1-4H3. The first kappa shape index (κ1) is 13.2. The van der Waals surface area contributed by atoms with E-state index in [4.69, 9.17) is 0 Å². The molecule has 0 bridgehead atoms. The second-order valence-electron chi connectivity index (χ2n) is 5.08. The molecule has 0 spiro atoms. The zero-order valence-corrected chi connectivity index (χ0v) is 12.2. The van der Waals surface area contributed by atoms with Crippen molar-refractivity contribution in [2.75, 3.05) is 7.05 Å². The smallest absolute Gasteiger partial charge is 0.0970 e. The molecule has 0 aliphatic heterocycles. The molecule has 0 aromatic carbocycles. The summed E-state index contributed by atoms with van der Waals surface area (Å²) in [6.07, 6.45) is 5.70. The highest BCUT2D eigenvalue weighted by molar-refractivity contribution is 7.09. The highest BCUT2D eigenvalue weighted by atomic mass is 32.1. The van der Waals surface area contributed by atoms with Gasteiger partial charge in [-0.25, -0.2) is 9.97 Å². The van der Waals surface area contributed by atoms with E-state index < -0.39 is 0 Å². The summed E-state index contributed by atoms with van der Waals surface area (Å²) in [4.78, 5) is 8.65. The average Bonchev–Trinajstić information content (AvgIpc) is 2.99. The summed E-state index contributed by atoms with van der Waals surface area (Å²) in [5, 5.41) is 6.52. The molecule has 18 heavy (non-hydrogen) atoms. The van der Waals surface area contributed by atoms with Gasteiger partial charge in [0.1, 0.15) is 0 Å². The summed E-state index contributed by atoms with van der Waals surface area (Å²) in [5.41, 5.74) is 1.13. The Labute approximate surface area is 112 Å². The molecule has 5 heteroatoms. The highest BCUT2D eigenvalue weighted by Crippen LogP contribution is 2.24. The first-order valence-electron chi connectivity index (χ1n) is 6.13. The fourth-order valence-electron chi connectivity index (χ4n) is 1.97. The molecule has 1 unspecified atom stereocenters. The Kier molecular flexibility index (Phi) is 3.82. The van der Waals surface area contributed by atoms with E-state index in [1.54, 1.807) is 11.3 Å². The maximum atomic E-state index is 4.38. The molecule has 0 aliphatic rings. The lowest BCUT2D eigenvalue weighted by atomic mass is 10.0. The predicted octanol–water partition coefficient (Wildman–Crippen LogP) is 2.60.